The van der Waals surface area contributed by atoms with Crippen LogP contribution in [-0.2, 0) is 4.74 Å². The maximum absolute atomic E-state index is 12.7. The van der Waals surface area contributed by atoms with Crippen LogP contribution in [-0.4, -0.2) is 30.3 Å². The molecule has 0 radical (unpaired) electrons. The molecule has 1 heterocycles. The van der Waals surface area contributed by atoms with E-state index in [0.29, 0.717) is 28.1 Å². The van der Waals surface area contributed by atoms with Crippen molar-refractivity contribution in [2.24, 2.45) is 0 Å². The normalized spacial score (nSPS) is 12.5. The molecule has 1 N–H and O–H groups in total. The molecule has 3 aromatic carbocycles. The predicted octanol–water partition coefficient (Wildman–Crippen LogP) is 3.92. The first-order chi connectivity index (χ1) is 15.0. The fourth-order valence-corrected chi connectivity index (χ4v) is 3.32. The number of fused-ring (bicyclic) bond motifs is 1. The highest BCUT2D eigenvalue weighted by atomic mass is 16.5. The molecule has 154 valence electrons. The Morgan fingerprint density at radius 2 is 1.48 bits per heavy atom. The van der Waals surface area contributed by atoms with Crippen molar-refractivity contribution in [3.63, 3.8) is 0 Å². The molecule has 3 amide bonds. The molecule has 0 spiro atoms. The van der Waals surface area contributed by atoms with Crippen LogP contribution in [0.3, 0.4) is 0 Å². The summed E-state index contributed by atoms with van der Waals surface area (Å²) in [5.74, 6) is -1.70. The van der Waals surface area contributed by atoms with Gasteiger partial charge in [0.1, 0.15) is 0 Å². The lowest BCUT2D eigenvalue weighted by Gasteiger charge is -2.15. The zero-order valence-electron chi connectivity index (χ0n) is 16.6. The van der Waals surface area contributed by atoms with E-state index in [2.05, 4.69) is 5.32 Å². The van der Waals surface area contributed by atoms with Crippen LogP contribution in [0.25, 0.3) is 0 Å². The first kappa shape index (κ1) is 20.0. The van der Waals surface area contributed by atoms with Gasteiger partial charge in [0.2, 0.25) is 0 Å². The van der Waals surface area contributed by atoms with Crippen molar-refractivity contribution in [1.82, 2.24) is 0 Å². The average Bonchev–Trinajstić information content (AvgIpc) is 3.05. The molecule has 4 rings (SSSR count). The van der Waals surface area contributed by atoms with E-state index >= 15 is 0 Å². The lowest BCUT2D eigenvalue weighted by molar-refractivity contribution is 0.0526. The number of imide groups is 1. The highest BCUT2D eigenvalue weighted by Gasteiger charge is 2.36. The molecule has 0 fully saturated rings. The summed E-state index contributed by atoms with van der Waals surface area (Å²) in [5.41, 5.74) is 2.14. The SMILES string of the molecule is CCOC(=O)c1ccc(NC(=O)c2cccc(N3C(=O)c4ccccc4C3=O)c2)cc1. The topological polar surface area (TPSA) is 92.8 Å². The number of esters is 1. The Morgan fingerprint density at radius 3 is 2.10 bits per heavy atom. The minimum absolute atomic E-state index is 0.279. The maximum Gasteiger partial charge on any atom is 0.338 e. The number of hydrogen-bond acceptors (Lipinski definition) is 5. The molecule has 0 unspecified atom stereocenters. The third-order valence-corrected chi connectivity index (χ3v) is 4.81. The van der Waals surface area contributed by atoms with Gasteiger partial charge in [0.05, 0.1) is 29.0 Å². The van der Waals surface area contributed by atoms with Gasteiger partial charge in [-0.25, -0.2) is 9.69 Å². The molecule has 3 aromatic rings. The van der Waals surface area contributed by atoms with Crippen molar-refractivity contribution in [2.45, 2.75) is 6.92 Å². The third-order valence-electron chi connectivity index (χ3n) is 4.81. The van der Waals surface area contributed by atoms with Crippen LogP contribution in [0.4, 0.5) is 11.4 Å². The number of carbonyl (C=O) groups is 4. The van der Waals surface area contributed by atoms with Crippen LogP contribution in [0, 0.1) is 0 Å². The Morgan fingerprint density at radius 1 is 0.839 bits per heavy atom. The van der Waals surface area contributed by atoms with Gasteiger partial charge in [0, 0.05) is 11.3 Å². The van der Waals surface area contributed by atoms with Crippen molar-refractivity contribution >= 4 is 35.1 Å². The first-order valence-electron chi connectivity index (χ1n) is 9.66. The number of ether oxygens (including phenoxy) is 1. The Bertz CT molecular complexity index is 1170. The van der Waals surface area contributed by atoms with E-state index in [0.717, 1.165) is 4.90 Å². The van der Waals surface area contributed by atoms with Gasteiger partial charge in [-0.05, 0) is 61.5 Å². The van der Waals surface area contributed by atoms with Gasteiger partial charge in [-0.3, -0.25) is 14.4 Å². The molecule has 7 heteroatoms. The Balaban J connectivity index is 1.52. The van der Waals surface area contributed by atoms with Crippen molar-refractivity contribution in [2.75, 3.05) is 16.8 Å². The number of nitrogens with one attached hydrogen (secondary N) is 1. The van der Waals surface area contributed by atoms with Crippen LogP contribution in [0.1, 0.15) is 48.4 Å². The van der Waals surface area contributed by atoms with E-state index < -0.39 is 23.7 Å². The van der Waals surface area contributed by atoms with E-state index in [1.807, 2.05) is 0 Å². The second-order valence-corrected chi connectivity index (χ2v) is 6.79. The van der Waals surface area contributed by atoms with Gasteiger partial charge in [-0.1, -0.05) is 18.2 Å². The van der Waals surface area contributed by atoms with Crippen LogP contribution >= 0.6 is 0 Å². The smallest absolute Gasteiger partial charge is 0.338 e. The molecular weight excluding hydrogens is 396 g/mol. The van der Waals surface area contributed by atoms with Crippen molar-refractivity contribution in [3.05, 3.63) is 95.1 Å². The zero-order valence-corrected chi connectivity index (χ0v) is 16.6. The summed E-state index contributed by atoms with van der Waals surface area (Å²) in [4.78, 5) is 50.8. The molecule has 0 atom stereocenters. The molecule has 1 aliphatic rings. The highest BCUT2D eigenvalue weighted by molar-refractivity contribution is 6.34. The fraction of sp³-hybridized carbons (Fsp3) is 0.0833. The molecule has 31 heavy (non-hydrogen) atoms. The molecule has 0 aromatic heterocycles. The molecule has 0 aliphatic carbocycles. The fourth-order valence-electron chi connectivity index (χ4n) is 3.32. The zero-order chi connectivity index (χ0) is 22.0. The monoisotopic (exact) mass is 414 g/mol. The van der Waals surface area contributed by atoms with Crippen molar-refractivity contribution < 1.29 is 23.9 Å². The van der Waals surface area contributed by atoms with Crippen LogP contribution in [0.2, 0.25) is 0 Å². The van der Waals surface area contributed by atoms with Gasteiger partial charge >= 0.3 is 5.97 Å². The van der Waals surface area contributed by atoms with Crippen LogP contribution < -0.4 is 10.2 Å². The van der Waals surface area contributed by atoms with Gasteiger partial charge in [0.25, 0.3) is 17.7 Å². The molecule has 0 bridgehead atoms. The van der Waals surface area contributed by atoms with Crippen LogP contribution in [0.15, 0.2) is 72.8 Å². The molecule has 1 aliphatic heterocycles. The van der Waals surface area contributed by atoms with Crippen molar-refractivity contribution in [1.29, 1.82) is 0 Å². The number of benzene rings is 3. The summed E-state index contributed by atoms with van der Waals surface area (Å²) in [7, 11) is 0. The quantitative estimate of drug-likeness (QED) is 0.505. The molecule has 0 saturated carbocycles. The standard InChI is InChI=1S/C24H18N2O5/c1-2-31-24(30)15-10-12-17(13-11-15)25-21(27)16-6-5-7-18(14-16)26-22(28)19-8-3-4-9-20(19)23(26)29/h3-14H,2H2,1H3,(H,25,27). The van der Waals surface area contributed by atoms with E-state index in [1.165, 1.54) is 6.07 Å². The maximum atomic E-state index is 12.7. The lowest BCUT2D eigenvalue weighted by atomic mass is 10.1. The number of hydrogen-bond donors (Lipinski definition) is 1. The molecular formula is C24H18N2O5. The summed E-state index contributed by atoms with van der Waals surface area (Å²) in [6, 6.07) is 19.2. The van der Waals surface area contributed by atoms with Crippen LogP contribution in [0.5, 0.6) is 0 Å². The minimum Gasteiger partial charge on any atom is -0.462 e. The van der Waals surface area contributed by atoms with Gasteiger partial charge in [-0.2, -0.15) is 0 Å². The lowest BCUT2D eigenvalue weighted by Crippen LogP contribution is -2.29. The number of amides is 3. The summed E-state index contributed by atoms with van der Waals surface area (Å²) in [5, 5.41) is 2.73. The number of carbonyl (C=O) groups excluding carboxylic acids is 4. The Hall–Kier alpha value is -4.26. The van der Waals surface area contributed by atoms with Gasteiger partial charge in [-0.15, -0.1) is 0 Å². The molecule has 7 nitrogen and oxygen atoms in total. The number of nitrogens with zero attached hydrogens (tertiary/aromatic N) is 1. The summed E-state index contributed by atoms with van der Waals surface area (Å²) in [6.45, 7) is 2.00. The highest BCUT2D eigenvalue weighted by Crippen LogP contribution is 2.29. The summed E-state index contributed by atoms with van der Waals surface area (Å²) < 4.78 is 4.93. The third kappa shape index (κ3) is 3.81. The van der Waals surface area contributed by atoms with E-state index in [1.54, 1.807) is 73.7 Å². The van der Waals surface area contributed by atoms with E-state index in [4.69, 9.17) is 4.74 Å². The second kappa shape index (κ2) is 8.23. The van der Waals surface area contributed by atoms with E-state index in [-0.39, 0.29) is 12.2 Å². The average molecular weight is 414 g/mol. The number of anilines is 2. The minimum atomic E-state index is -0.436. The van der Waals surface area contributed by atoms with Crippen molar-refractivity contribution in [3.8, 4) is 0 Å². The summed E-state index contributed by atoms with van der Waals surface area (Å²) in [6.07, 6.45) is 0. The van der Waals surface area contributed by atoms with Gasteiger partial charge < -0.3 is 10.1 Å². The van der Waals surface area contributed by atoms with E-state index in [9.17, 15) is 19.2 Å². The summed E-state index contributed by atoms with van der Waals surface area (Å²) >= 11 is 0. The predicted molar refractivity (Wildman–Crippen MR) is 114 cm³/mol. The Labute approximate surface area is 178 Å². The second-order valence-electron chi connectivity index (χ2n) is 6.79. The molecule has 0 saturated heterocycles. The van der Waals surface area contributed by atoms with Gasteiger partial charge in [0.15, 0.2) is 0 Å². The Kier molecular flexibility index (Phi) is 5.32. The number of rotatable bonds is 5. The largest absolute Gasteiger partial charge is 0.462 e. The first-order valence-corrected chi connectivity index (χ1v) is 9.66.